The minimum absolute atomic E-state index is 0.00509. The highest BCUT2D eigenvalue weighted by atomic mass is 16.5. The molecule has 0 N–H and O–H groups in total. The Kier molecular flexibility index (Phi) is 6.16. The van der Waals surface area contributed by atoms with Gasteiger partial charge in [0, 0.05) is 31.0 Å². The molecule has 238 valence electrons. The van der Waals surface area contributed by atoms with E-state index >= 15 is 0 Å². The summed E-state index contributed by atoms with van der Waals surface area (Å²) in [4.78, 5) is 62.0. The Morgan fingerprint density at radius 2 is 1.09 bits per heavy atom. The van der Waals surface area contributed by atoms with Crippen LogP contribution in [-0.4, -0.2) is 76.2 Å². The van der Waals surface area contributed by atoms with Crippen molar-refractivity contribution < 1.29 is 23.9 Å². The summed E-state index contributed by atoms with van der Waals surface area (Å²) in [6.07, 6.45) is 0. The van der Waals surface area contributed by atoms with Gasteiger partial charge in [-0.25, -0.2) is 4.79 Å². The molecule has 3 aliphatic heterocycles. The van der Waals surface area contributed by atoms with Gasteiger partial charge in [0.15, 0.2) is 0 Å². The van der Waals surface area contributed by atoms with E-state index in [0.717, 1.165) is 5.56 Å². The molecule has 44 heavy (non-hydrogen) atoms. The van der Waals surface area contributed by atoms with Gasteiger partial charge in [-0.3, -0.25) is 14.4 Å². The Morgan fingerprint density at radius 1 is 0.682 bits per heavy atom. The summed E-state index contributed by atoms with van der Waals surface area (Å²) in [7, 11) is 0. The van der Waals surface area contributed by atoms with Crippen LogP contribution in [0.5, 0.6) is 0 Å². The molecule has 8 heteroatoms. The van der Waals surface area contributed by atoms with Crippen molar-refractivity contribution in [3.8, 4) is 0 Å². The number of hydrogen-bond donors (Lipinski definition) is 0. The molecule has 6 aliphatic rings. The lowest BCUT2D eigenvalue weighted by molar-refractivity contribution is -0.161. The zero-order valence-electron chi connectivity index (χ0n) is 27.8. The molecule has 1 aromatic rings. The van der Waals surface area contributed by atoms with Crippen molar-refractivity contribution >= 4 is 23.7 Å². The van der Waals surface area contributed by atoms with E-state index in [1.54, 1.807) is 4.90 Å². The van der Waals surface area contributed by atoms with Crippen LogP contribution in [0.1, 0.15) is 67.9 Å². The number of benzene rings is 1. The van der Waals surface area contributed by atoms with Crippen LogP contribution in [0.4, 0.5) is 0 Å². The maximum Gasteiger partial charge on any atom is 0.329 e. The van der Waals surface area contributed by atoms with Gasteiger partial charge in [0.05, 0.1) is 0 Å². The maximum atomic E-state index is 14.7. The van der Waals surface area contributed by atoms with Gasteiger partial charge < -0.3 is 19.4 Å². The van der Waals surface area contributed by atoms with Gasteiger partial charge in [-0.2, -0.15) is 0 Å². The molecule has 3 amide bonds. The molecule has 6 fully saturated rings. The topological polar surface area (TPSA) is 87.2 Å². The van der Waals surface area contributed by atoms with Crippen molar-refractivity contribution in [2.45, 2.75) is 87.0 Å². The Bertz CT molecular complexity index is 1430. The van der Waals surface area contributed by atoms with Crippen molar-refractivity contribution in [2.24, 2.45) is 57.2 Å². The number of carbonyl (C=O) groups is 4. The largest absolute Gasteiger partial charge is 0.459 e. The summed E-state index contributed by atoms with van der Waals surface area (Å²) in [5.41, 5.74) is 0.210. The third-order valence-corrected chi connectivity index (χ3v) is 13.1. The van der Waals surface area contributed by atoms with Gasteiger partial charge in [-0.1, -0.05) is 92.6 Å². The summed E-state index contributed by atoms with van der Waals surface area (Å²) >= 11 is 0. The first-order valence-electron chi connectivity index (χ1n) is 16.5. The second-order valence-electron chi connectivity index (χ2n) is 17.5. The fraction of sp³-hybridized carbons (Fsp3) is 0.722. The lowest BCUT2D eigenvalue weighted by Gasteiger charge is -2.40. The molecule has 0 aromatic heterocycles. The average molecular weight is 604 g/mol. The molecule has 3 heterocycles. The molecule has 0 radical (unpaired) electrons. The van der Waals surface area contributed by atoms with Gasteiger partial charge in [0.25, 0.3) is 0 Å². The number of esters is 1. The van der Waals surface area contributed by atoms with Gasteiger partial charge >= 0.3 is 5.97 Å². The van der Waals surface area contributed by atoms with Gasteiger partial charge in [0.1, 0.15) is 24.7 Å². The summed E-state index contributed by atoms with van der Waals surface area (Å²) < 4.78 is 5.84. The van der Waals surface area contributed by atoms with Crippen LogP contribution in [0.3, 0.4) is 0 Å². The predicted molar refractivity (Wildman–Crippen MR) is 164 cm³/mol. The van der Waals surface area contributed by atoms with Crippen LogP contribution < -0.4 is 0 Å². The van der Waals surface area contributed by atoms with Crippen molar-refractivity contribution in [1.82, 2.24) is 14.7 Å². The highest BCUT2D eigenvalue weighted by Crippen LogP contribution is 2.69. The molecule has 3 aliphatic carbocycles. The Morgan fingerprint density at radius 3 is 1.57 bits per heavy atom. The quantitative estimate of drug-likeness (QED) is 0.471. The average Bonchev–Trinajstić information content (AvgIpc) is 3.57. The SMILES string of the molecule is CC(C)(C)C(=O)N1C[C@H]2[C@@H]([C@H]1C(=O)N1C[C@H]3[C@@H]([C@H]1C(=O)N1C[C@H]4[C@@H]([C@H]1C(=O)OCc1ccccc1)C4(C)C)C3(C)C)C2(C)C. The number of ether oxygens (including phenoxy) is 1. The number of fused-ring (bicyclic) bond motifs is 3. The molecule has 0 bridgehead atoms. The van der Waals surface area contributed by atoms with Gasteiger partial charge in [-0.05, 0) is 51.4 Å². The molecular formula is C36H49N3O5. The summed E-state index contributed by atoms with van der Waals surface area (Å²) in [5, 5.41) is 0. The zero-order valence-corrected chi connectivity index (χ0v) is 27.8. The smallest absolute Gasteiger partial charge is 0.329 e. The van der Waals surface area contributed by atoms with E-state index in [9.17, 15) is 19.2 Å². The fourth-order valence-electron chi connectivity index (χ4n) is 9.94. The maximum absolute atomic E-state index is 14.7. The van der Waals surface area contributed by atoms with Crippen LogP contribution in [-0.2, 0) is 30.5 Å². The van der Waals surface area contributed by atoms with E-state index in [0.29, 0.717) is 25.6 Å². The van der Waals surface area contributed by atoms with E-state index in [1.165, 1.54) is 0 Å². The Hall–Kier alpha value is -2.90. The molecular weight excluding hydrogens is 554 g/mol. The fourth-order valence-corrected chi connectivity index (χ4v) is 9.94. The second-order valence-corrected chi connectivity index (χ2v) is 17.5. The van der Waals surface area contributed by atoms with Crippen molar-refractivity contribution in [3.05, 3.63) is 35.9 Å². The highest BCUT2D eigenvalue weighted by molar-refractivity contribution is 5.97. The summed E-state index contributed by atoms with van der Waals surface area (Å²) in [6.45, 7) is 20.6. The normalized spacial score (nSPS) is 38.0. The van der Waals surface area contributed by atoms with Crippen LogP contribution in [0.15, 0.2) is 30.3 Å². The van der Waals surface area contributed by atoms with Gasteiger partial charge in [-0.15, -0.1) is 0 Å². The van der Waals surface area contributed by atoms with Crippen LogP contribution in [0.2, 0.25) is 0 Å². The number of piperidine rings is 3. The number of amides is 3. The first kappa shape index (κ1) is 29.8. The van der Waals surface area contributed by atoms with Crippen molar-refractivity contribution in [3.63, 3.8) is 0 Å². The number of hydrogen-bond acceptors (Lipinski definition) is 5. The molecule has 1 aromatic carbocycles. The Labute approximate surface area is 261 Å². The summed E-state index contributed by atoms with van der Waals surface area (Å²) in [5.74, 6) is 0.370. The minimum atomic E-state index is -0.652. The lowest BCUT2D eigenvalue weighted by Crippen LogP contribution is -2.59. The number of nitrogens with zero attached hydrogens (tertiary/aromatic N) is 3. The van der Waals surface area contributed by atoms with E-state index in [-0.39, 0.29) is 76.1 Å². The van der Waals surface area contributed by atoms with Crippen LogP contribution >= 0.6 is 0 Å². The van der Waals surface area contributed by atoms with Crippen molar-refractivity contribution in [1.29, 1.82) is 0 Å². The molecule has 9 atom stereocenters. The molecule has 3 saturated heterocycles. The standard InChI is InChI=1S/C36H49N3O5/c1-33(2,3)32(43)39-17-22-24(35(22,6)7)27(39)30(41)37-15-20-23(34(20,4)5)26(37)29(40)38-16-21-25(36(21,8)9)28(38)31(42)44-18-19-13-11-10-12-14-19/h10-14,20-28H,15-18H2,1-9H3/t20-,21-,22-,23-,24-,25-,26-,27-,28-/m0/s1. The molecule has 7 rings (SSSR count). The van der Waals surface area contributed by atoms with E-state index in [4.69, 9.17) is 4.74 Å². The lowest BCUT2D eigenvalue weighted by atomic mass is 9.91. The Balaban J connectivity index is 1.16. The number of rotatable bonds is 5. The first-order chi connectivity index (χ1) is 20.4. The minimum Gasteiger partial charge on any atom is -0.459 e. The monoisotopic (exact) mass is 603 g/mol. The van der Waals surface area contributed by atoms with E-state index < -0.39 is 23.5 Å². The van der Waals surface area contributed by atoms with Crippen LogP contribution in [0.25, 0.3) is 0 Å². The van der Waals surface area contributed by atoms with E-state index in [2.05, 4.69) is 41.5 Å². The molecule has 8 nitrogen and oxygen atoms in total. The third kappa shape index (κ3) is 4.07. The predicted octanol–water partition coefficient (Wildman–Crippen LogP) is 4.22. The van der Waals surface area contributed by atoms with Gasteiger partial charge in [0.2, 0.25) is 17.7 Å². The highest BCUT2D eigenvalue weighted by Gasteiger charge is 2.76. The third-order valence-electron chi connectivity index (χ3n) is 13.1. The van der Waals surface area contributed by atoms with Crippen molar-refractivity contribution in [2.75, 3.05) is 19.6 Å². The molecule has 0 unspecified atom stereocenters. The first-order valence-corrected chi connectivity index (χ1v) is 16.5. The van der Waals surface area contributed by atoms with Crippen LogP contribution in [0, 0.1) is 57.2 Å². The molecule has 0 spiro atoms. The number of likely N-dealkylation sites (tertiary alicyclic amines) is 3. The second kappa shape index (κ2) is 9.10. The summed E-state index contributed by atoms with van der Waals surface area (Å²) in [6, 6.07) is 7.79. The zero-order chi connectivity index (χ0) is 31.9. The number of carbonyl (C=O) groups excluding carboxylic acids is 4. The molecule has 3 saturated carbocycles. The van der Waals surface area contributed by atoms with E-state index in [1.807, 2.05) is 60.9 Å².